The lowest BCUT2D eigenvalue weighted by molar-refractivity contribution is 0.342. The second kappa shape index (κ2) is 7.15. The van der Waals surface area contributed by atoms with Crippen molar-refractivity contribution in [2.24, 2.45) is 5.92 Å². The van der Waals surface area contributed by atoms with Crippen LogP contribution < -0.4 is 10.2 Å². The average Bonchev–Trinajstić information content (AvgIpc) is 2.93. The predicted octanol–water partition coefficient (Wildman–Crippen LogP) is 4.72. The Hall–Kier alpha value is -0.540. The number of fused-ring (bicyclic) bond motifs is 1. The summed E-state index contributed by atoms with van der Waals surface area (Å²) in [6.07, 6.45) is 8.27. The molecule has 3 heteroatoms. The van der Waals surface area contributed by atoms with Crippen LogP contribution in [0.25, 0.3) is 0 Å². The van der Waals surface area contributed by atoms with E-state index >= 15 is 0 Å². The van der Waals surface area contributed by atoms with Gasteiger partial charge in [0.1, 0.15) is 0 Å². The minimum Gasteiger partial charge on any atom is -0.368 e. The second-order valence-electron chi connectivity index (χ2n) is 6.55. The molecule has 1 aromatic rings. The average molecular weight is 351 g/mol. The van der Waals surface area contributed by atoms with Crippen LogP contribution in [-0.4, -0.2) is 19.1 Å². The summed E-state index contributed by atoms with van der Waals surface area (Å²) in [5.74, 6) is 0.948. The van der Waals surface area contributed by atoms with Crippen molar-refractivity contribution < 1.29 is 0 Å². The highest BCUT2D eigenvalue weighted by Crippen LogP contribution is 2.39. The van der Waals surface area contributed by atoms with Gasteiger partial charge in [0.2, 0.25) is 0 Å². The highest BCUT2D eigenvalue weighted by Gasteiger charge is 2.35. The molecule has 1 N–H and O–H groups in total. The summed E-state index contributed by atoms with van der Waals surface area (Å²) in [7, 11) is 0. The molecule has 21 heavy (non-hydrogen) atoms. The monoisotopic (exact) mass is 350 g/mol. The van der Waals surface area contributed by atoms with E-state index < -0.39 is 0 Å². The normalized spacial score (nSPS) is 25.1. The van der Waals surface area contributed by atoms with Gasteiger partial charge >= 0.3 is 0 Å². The lowest BCUT2D eigenvalue weighted by atomic mass is 9.85. The van der Waals surface area contributed by atoms with Gasteiger partial charge in [0.15, 0.2) is 0 Å². The summed E-state index contributed by atoms with van der Waals surface area (Å²) in [4.78, 5) is 2.66. The molecule has 2 fully saturated rings. The van der Waals surface area contributed by atoms with Crippen molar-refractivity contribution in [2.45, 2.75) is 58.0 Å². The first-order chi connectivity index (χ1) is 10.3. The van der Waals surface area contributed by atoms with Gasteiger partial charge in [-0.15, -0.1) is 0 Å². The van der Waals surface area contributed by atoms with E-state index in [1.54, 1.807) is 0 Å². The molecule has 0 bridgehead atoms. The fraction of sp³-hybridized carbons (Fsp3) is 0.667. The van der Waals surface area contributed by atoms with Gasteiger partial charge in [0, 0.05) is 29.3 Å². The zero-order valence-corrected chi connectivity index (χ0v) is 14.7. The summed E-state index contributed by atoms with van der Waals surface area (Å²) >= 11 is 3.77. The standard InChI is InChI=1S/C18H27BrN2/c1-2-10-20-13-15-7-8-16(12-17(15)19)21-11-9-14-5-3-4-6-18(14)21/h7-8,12,14,18,20H,2-6,9-11,13H2,1H3. The zero-order chi connectivity index (χ0) is 14.7. The van der Waals surface area contributed by atoms with Crippen LogP contribution in [0, 0.1) is 5.92 Å². The number of benzene rings is 1. The third kappa shape index (κ3) is 3.45. The minimum absolute atomic E-state index is 0.801. The minimum atomic E-state index is 0.801. The Morgan fingerprint density at radius 1 is 1.24 bits per heavy atom. The van der Waals surface area contributed by atoms with Gasteiger partial charge in [-0.25, -0.2) is 0 Å². The van der Waals surface area contributed by atoms with Crippen molar-refractivity contribution >= 4 is 21.6 Å². The van der Waals surface area contributed by atoms with E-state index in [0.29, 0.717) is 0 Å². The van der Waals surface area contributed by atoms with Crippen LogP contribution in [0.5, 0.6) is 0 Å². The number of anilines is 1. The molecule has 2 atom stereocenters. The lowest BCUT2D eigenvalue weighted by Crippen LogP contribution is -2.34. The molecular formula is C18H27BrN2. The second-order valence-corrected chi connectivity index (χ2v) is 7.40. The Morgan fingerprint density at radius 3 is 2.90 bits per heavy atom. The third-order valence-corrected chi connectivity index (χ3v) is 5.86. The molecule has 1 aliphatic carbocycles. The lowest BCUT2D eigenvalue weighted by Gasteiger charge is -2.33. The van der Waals surface area contributed by atoms with Gasteiger partial charge < -0.3 is 10.2 Å². The number of hydrogen-bond donors (Lipinski definition) is 1. The van der Waals surface area contributed by atoms with Crippen LogP contribution in [0.4, 0.5) is 5.69 Å². The van der Waals surface area contributed by atoms with Crippen molar-refractivity contribution in [1.82, 2.24) is 5.32 Å². The van der Waals surface area contributed by atoms with E-state index in [1.165, 1.54) is 60.8 Å². The fourth-order valence-corrected chi connectivity index (χ4v) is 4.49. The molecule has 2 unspecified atom stereocenters. The van der Waals surface area contributed by atoms with Gasteiger partial charge in [0.25, 0.3) is 0 Å². The quantitative estimate of drug-likeness (QED) is 0.773. The molecule has 0 aromatic heterocycles. The molecule has 1 saturated heterocycles. The van der Waals surface area contributed by atoms with Crippen molar-refractivity contribution in [3.8, 4) is 0 Å². The van der Waals surface area contributed by atoms with Crippen LogP contribution in [-0.2, 0) is 6.54 Å². The van der Waals surface area contributed by atoms with Gasteiger partial charge in [-0.05, 0) is 55.8 Å². The maximum atomic E-state index is 3.77. The van der Waals surface area contributed by atoms with E-state index in [2.05, 4.69) is 51.3 Å². The summed E-state index contributed by atoms with van der Waals surface area (Å²) in [6.45, 7) is 5.50. The van der Waals surface area contributed by atoms with Gasteiger partial charge in [-0.1, -0.05) is 41.8 Å². The Kier molecular flexibility index (Phi) is 5.23. The molecule has 0 amide bonds. The zero-order valence-electron chi connectivity index (χ0n) is 13.1. The Balaban J connectivity index is 1.70. The van der Waals surface area contributed by atoms with Crippen LogP contribution in [0.3, 0.4) is 0 Å². The van der Waals surface area contributed by atoms with Gasteiger partial charge in [-0.3, -0.25) is 0 Å². The molecule has 1 heterocycles. The molecule has 116 valence electrons. The molecule has 2 nitrogen and oxygen atoms in total. The first-order valence-electron chi connectivity index (χ1n) is 8.55. The Labute approximate surface area is 137 Å². The number of rotatable bonds is 5. The third-order valence-electron chi connectivity index (χ3n) is 5.12. The topological polar surface area (TPSA) is 15.3 Å². The van der Waals surface area contributed by atoms with Crippen LogP contribution in [0.1, 0.15) is 51.0 Å². The highest BCUT2D eigenvalue weighted by atomic mass is 79.9. The smallest absolute Gasteiger partial charge is 0.0380 e. The summed E-state index contributed by atoms with van der Waals surface area (Å²) in [5, 5.41) is 3.48. The van der Waals surface area contributed by atoms with E-state index in [1.807, 2.05) is 0 Å². The van der Waals surface area contributed by atoms with E-state index in [4.69, 9.17) is 0 Å². The first kappa shape index (κ1) is 15.4. The van der Waals surface area contributed by atoms with E-state index in [9.17, 15) is 0 Å². The van der Waals surface area contributed by atoms with Crippen molar-refractivity contribution in [2.75, 3.05) is 18.0 Å². The summed E-state index contributed by atoms with van der Waals surface area (Å²) in [5.41, 5.74) is 2.78. The molecule has 2 aliphatic rings. The highest BCUT2D eigenvalue weighted by molar-refractivity contribution is 9.10. The number of halogens is 1. The Bertz CT molecular complexity index is 474. The van der Waals surface area contributed by atoms with Gasteiger partial charge in [0.05, 0.1) is 0 Å². The number of hydrogen-bond acceptors (Lipinski definition) is 2. The van der Waals surface area contributed by atoms with E-state index in [0.717, 1.165) is 25.0 Å². The number of nitrogens with zero attached hydrogens (tertiary/aromatic N) is 1. The maximum absolute atomic E-state index is 3.77. The van der Waals surface area contributed by atoms with Gasteiger partial charge in [-0.2, -0.15) is 0 Å². The van der Waals surface area contributed by atoms with E-state index in [-0.39, 0.29) is 0 Å². The molecule has 1 aliphatic heterocycles. The molecule has 1 saturated carbocycles. The molecule has 1 aromatic carbocycles. The molecule has 0 spiro atoms. The first-order valence-corrected chi connectivity index (χ1v) is 9.34. The van der Waals surface area contributed by atoms with Crippen molar-refractivity contribution in [1.29, 1.82) is 0 Å². The maximum Gasteiger partial charge on any atom is 0.0380 e. The predicted molar refractivity (Wildman–Crippen MR) is 93.8 cm³/mol. The summed E-state index contributed by atoms with van der Waals surface area (Å²) < 4.78 is 1.25. The van der Waals surface area contributed by atoms with Crippen LogP contribution in [0.15, 0.2) is 22.7 Å². The fourth-order valence-electron chi connectivity index (χ4n) is 3.98. The molecule has 0 radical (unpaired) electrons. The Morgan fingerprint density at radius 2 is 2.10 bits per heavy atom. The van der Waals surface area contributed by atoms with Crippen molar-refractivity contribution in [3.05, 3.63) is 28.2 Å². The SMILES string of the molecule is CCCNCc1ccc(N2CCC3CCCCC32)cc1Br. The van der Waals surface area contributed by atoms with Crippen LogP contribution >= 0.6 is 15.9 Å². The largest absolute Gasteiger partial charge is 0.368 e. The summed E-state index contributed by atoms with van der Waals surface area (Å²) in [6, 6.07) is 7.75. The van der Waals surface area contributed by atoms with Crippen molar-refractivity contribution in [3.63, 3.8) is 0 Å². The molecule has 3 rings (SSSR count). The van der Waals surface area contributed by atoms with Crippen LogP contribution in [0.2, 0.25) is 0 Å². The molecular weight excluding hydrogens is 324 g/mol. The number of nitrogens with one attached hydrogen (secondary N) is 1.